The standard InChI is InChI=1S/C10H16N2O2/c1-2-6-12-9(13)7-4-3-5-8(7)11-10(12)14/h7-8H,2-6H2,1H3,(H,11,14). The van der Waals surface area contributed by atoms with Crippen LogP contribution in [0.1, 0.15) is 32.6 Å². The molecule has 14 heavy (non-hydrogen) atoms. The zero-order valence-corrected chi connectivity index (χ0v) is 8.45. The normalized spacial score (nSPS) is 31.6. The number of imide groups is 1. The summed E-state index contributed by atoms with van der Waals surface area (Å²) >= 11 is 0. The Morgan fingerprint density at radius 2 is 2.21 bits per heavy atom. The molecule has 2 rings (SSSR count). The van der Waals surface area contributed by atoms with Crippen LogP contribution in [0.4, 0.5) is 4.79 Å². The number of carbonyl (C=O) groups is 2. The quantitative estimate of drug-likeness (QED) is 0.719. The van der Waals surface area contributed by atoms with Gasteiger partial charge in [-0.2, -0.15) is 0 Å². The predicted octanol–water partition coefficient (Wildman–Crippen LogP) is 1.12. The lowest BCUT2D eigenvalue weighted by molar-refractivity contribution is -0.134. The summed E-state index contributed by atoms with van der Waals surface area (Å²) in [6, 6.07) is -0.0805. The monoisotopic (exact) mass is 196 g/mol. The number of urea groups is 1. The first-order chi connectivity index (χ1) is 6.74. The molecular weight excluding hydrogens is 180 g/mol. The van der Waals surface area contributed by atoms with E-state index in [9.17, 15) is 9.59 Å². The molecule has 0 aromatic carbocycles. The summed E-state index contributed by atoms with van der Waals surface area (Å²) in [7, 11) is 0. The Kier molecular flexibility index (Phi) is 2.44. The zero-order chi connectivity index (χ0) is 10.1. The largest absolute Gasteiger partial charge is 0.334 e. The smallest absolute Gasteiger partial charge is 0.324 e. The van der Waals surface area contributed by atoms with E-state index in [4.69, 9.17) is 0 Å². The fourth-order valence-corrected chi connectivity index (χ4v) is 2.40. The van der Waals surface area contributed by atoms with Crippen LogP contribution in [0.5, 0.6) is 0 Å². The molecule has 4 nitrogen and oxygen atoms in total. The molecule has 0 spiro atoms. The fraction of sp³-hybridized carbons (Fsp3) is 0.800. The highest BCUT2D eigenvalue weighted by Gasteiger charge is 2.42. The van der Waals surface area contributed by atoms with Crippen molar-refractivity contribution in [1.29, 1.82) is 0 Å². The van der Waals surface area contributed by atoms with E-state index in [-0.39, 0.29) is 23.9 Å². The van der Waals surface area contributed by atoms with Gasteiger partial charge < -0.3 is 5.32 Å². The van der Waals surface area contributed by atoms with Gasteiger partial charge in [0.15, 0.2) is 0 Å². The third-order valence-corrected chi connectivity index (χ3v) is 3.10. The lowest BCUT2D eigenvalue weighted by Gasteiger charge is -2.33. The van der Waals surface area contributed by atoms with Gasteiger partial charge in [0.25, 0.3) is 0 Å². The minimum atomic E-state index is -0.194. The number of nitrogens with one attached hydrogen (secondary N) is 1. The Bertz CT molecular complexity index is 265. The van der Waals surface area contributed by atoms with E-state index in [1.54, 1.807) is 0 Å². The van der Waals surface area contributed by atoms with E-state index in [0.29, 0.717) is 6.54 Å². The van der Waals surface area contributed by atoms with Gasteiger partial charge in [0.2, 0.25) is 5.91 Å². The van der Waals surface area contributed by atoms with E-state index in [1.807, 2.05) is 6.92 Å². The number of hydrogen-bond donors (Lipinski definition) is 1. The minimum absolute atomic E-state index is 0.0399. The van der Waals surface area contributed by atoms with Gasteiger partial charge in [-0.05, 0) is 19.3 Å². The van der Waals surface area contributed by atoms with Crippen LogP contribution in [-0.2, 0) is 4.79 Å². The molecule has 1 aliphatic heterocycles. The van der Waals surface area contributed by atoms with Crippen molar-refractivity contribution in [1.82, 2.24) is 10.2 Å². The van der Waals surface area contributed by atoms with Crippen LogP contribution >= 0.6 is 0 Å². The van der Waals surface area contributed by atoms with Crippen molar-refractivity contribution in [3.8, 4) is 0 Å². The molecule has 1 saturated heterocycles. The average Bonchev–Trinajstić information content (AvgIpc) is 2.60. The van der Waals surface area contributed by atoms with E-state index >= 15 is 0 Å². The molecule has 2 atom stereocenters. The molecule has 2 fully saturated rings. The van der Waals surface area contributed by atoms with Gasteiger partial charge in [-0.3, -0.25) is 9.69 Å². The summed E-state index contributed by atoms with van der Waals surface area (Å²) in [6.45, 7) is 2.52. The highest BCUT2D eigenvalue weighted by molar-refractivity contribution is 5.98. The Morgan fingerprint density at radius 1 is 1.43 bits per heavy atom. The van der Waals surface area contributed by atoms with Crippen LogP contribution in [0.15, 0.2) is 0 Å². The van der Waals surface area contributed by atoms with Crippen molar-refractivity contribution in [3.05, 3.63) is 0 Å². The maximum absolute atomic E-state index is 11.9. The van der Waals surface area contributed by atoms with E-state index < -0.39 is 0 Å². The van der Waals surface area contributed by atoms with Crippen molar-refractivity contribution in [2.45, 2.75) is 38.6 Å². The lowest BCUT2D eigenvalue weighted by Crippen LogP contribution is -2.58. The first-order valence-electron chi connectivity index (χ1n) is 5.36. The van der Waals surface area contributed by atoms with Gasteiger partial charge in [0.05, 0.1) is 5.92 Å². The number of hydrogen-bond acceptors (Lipinski definition) is 2. The maximum atomic E-state index is 11.9. The first-order valence-corrected chi connectivity index (χ1v) is 5.36. The third kappa shape index (κ3) is 1.38. The Morgan fingerprint density at radius 3 is 2.93 bits per heavy atom. The topological polar surface area (TPSA) is 49.4 Å². The first kappa shape index (κ1) is 9.49. The zero-order valence-electron chi connectivity index (χ0n) is 8.45. The van der Waals surface area contributed by atoms with Gasteiger partial charge >= 0.3 is 6.03 Å². The molecule has 0 aromatic heterocycles. The highest BCUT2D eigenvalue weighted by Crippen LogP contribution is 2.30. The SMILES string of the molecule is CCCN1C(=O)NC2CCCC2C1=O. The van der Waals surface area contributed by atoms with Crippen molar-refractivity contribution in [2.75, 3.05) is 6.54 Å². The van der Waals surface area contributed by atoms with Gasteiger partial charge in [-0.1, -0.05) is 13.3 Å². The van der Waals surface area contributed by atoms with E-state index in [2.05, 4.69) is 5.32 Å². The third-order valence-electron chi connectivity index (χ3n) is 3.10. The van der Waals surface area contributed by atoms with Crippen molar-refractivity contribution in [2.24, 2.45) is 5.92 Å². The summed E-state index contributed by atoms with van der Waals surface area (Å²) in [5, 5.41) is 2.91. The molecule has 1 aliphatic carbocycles. The molecule has 1 N–H and O–H groups in total. The van der Waals surface area contributed by atoms with Crippen molar-refractivity contribution in [3.63, 3.8) is 0 Å². The van der Waals surface area contributed by atoms with Crippen LogP contribution < -0.4 is 5.32 Å². The second-order valence-electron chi connectivity index (χ2n) is 4.08. The lowest BCUT2D eigenvalue weighted by atomic mass is 9.99. The van der Waals surface area contributed by atoms with Crippen LogP contribution in [0.25, 0.3) is 0 Å². The van der Waals surface area contributed by atoms with Crippen LogP contribution in [0.2, 0.25) is 0 Å². The van der Waals surface area contributed by atoms with Crippen molar-refractivity contribution >= 4 is 11.9 Å². The summed E-state index contributed by atoms with van der Waals surface area (Å²) in [4.78, 5) is 24.8. The van der Waals surface area contributed by atoms with Crippen molar-refractivity contribution < 1.29 is 9.59 Å². The molecule has 0 radical (unpaired) electrons. The molecule has 3 amide bonds. The number of rotatable bonds is 2. The maximum Gasteiger partial charge on any atom is 0.324 e. The molecule has 78 valence electrons. The second-order valence-corrected chi connectivity index (χ2v) is 4.08. The molecule has 2 aliphatic rings. The van der Waals surface area contributed by atoms with Crippen LogP contribution in [-0.4, -0.2) is 29.4 Å². The highest BCUT2D eigenvalue weighted by atomic mass is 16.2. The average molecular weight is 196 g/mol. The number of amides is 3. The van der Waals surface area contributed by atoms with E-state index in [0.717, 1.165) is 25.7 Å². The number of carbonyl (C=O) groups excluding carboxylic acids is 2. The molecule has 0 bridgehead atoms. The van der Waals surface area contributed by atoms with Gasteiger partial charge in [0.1, 0.15) is 0 Å². The van der Waals surface area contributed by atoms with E-state index in [1.165, 1.54) is 4.90 Å². The second kappa shape index (κ2) is 3.59. The molecule has 4 heteroatoms. The Labute approximate surface area is 83.6 Å². The number of fused-ring (bicyclic) bond motifs is 1. The molecular formula is C10H16N2O2. The summed E-state index contributed by atoms with van der Waals surface area (Å²) in [5.74, 6) is 0.0948. The minimum Gasteiger partial charge on any atom is -0.334 e. The predicted molar refractivity (Wildman–Crippen MR) is 51.7 cm³/mol. The summed E-state index contributed by atoms with van der Waals surface area (Å²) in [6.07, 6.45) is 3.78. The van der Waals surface area contributed by atoms with Crippen LogP contribution in [0.3, 0.4) is 0 Å². The molecule has 1 saturated carbocycles. The number of nitrogens with zero attached hydrogens (tertiary/aromatic N) is 1. The van der Waals surface area contributed by atoms with Gasteiger partial charge in [-0.25, -0.2) is 4.79 Å². The molecule has 1 heterocycles. The summed E-state index contributed by atoms with van der Waals surface area (Å²) in [5.41, 5.74) is 0. The Balaban J connectivity index is 2.13. The molecule has 2 unspecified atom stereocenters. The molecule has 0 aromatic rings. The fourth-order valence-electron chi connectivity index (χ4n) is 2.40. The van der Waals surface area contributed by atoms with Crippen LogP contribution in [0, 0.1) is 5.92 Å². The van der Waals surface area contributed by atoms with Gasteiger partial charge in [0, 0.05) is 12.6 Å². The summed E-state index contributed by atoms with van der Waals surface area (Å²) < 4.78 is 0. The Hall–Kier alpha value is -1.06. The van der Waals surface area contributed by atoms with Gasteiger partial charge in [-0.15, -0.1) is 0 Å².